The second kappa shape index (κ2) is 10.1. The van der Waals surface area contributed by atoms with E-state index in [4.69, 9.17) is 9.72 Å². The second-order valence-electron chi connectivity index (χ2n) is 11.8. The van der Waals surface area contributed by atoms with Crippen molar-refractivity contribution in [3.8, 4) is 11.3 Å². The maximum atomic E-state index is 12.8. The predicted octanol–water partition coefficient (Wildman–Crippen LogP) is 2.38. The summed E-state index contributed by atoms with van der Waals surface area (Å²) in [6.07, 6.45) is 11.5. The number of aromatic nitrogens is 5. The van der Waals surface area contributed by atoms with E-state index in [1.165, 1.54) is 31.4 Å². The normalized spacial score (nSPS) is 22.7. The van der Waals surface area contributed by atoms with Gasteiger partial charge in [-0.1, -0.05) is 5.21 Å². The van der Waals surface area contributed by atoms with Crippen LogP contribution in [0.1, 0.15) is 44.2 Å². The molecular weight excluding hydrogens is 492 g/mol. The average molecular weight is 531 g/mol. The number of nitrogens with one attached hydrogen (secondary N) is 1. The molecule has 6 heterocycles. The highest BCUT2D eigenvalue weighted by molar-refractivity contribution is 5.63. The lowest BCUT2D eigenvalue weighted by molar-refractivity contribution is -0.0851. The van der Waals surface area contributed by atoms with E-state index in [9.17, 15) is 4.79 Å². The molecule has 0 amide bonds. The lowest BCUT2D eigenvalue weighted by Gasteiger charge is -2.40. The molecule has 4 fully saturated rings. The molecule has 3 aromatic rings. The van der Waals surface area contributed by atoms with Gasteiger partial charge in [-0.25, -0.2) is 4.68 Å². The number of rotatable bonds is 8. The number of anilines is 2. The molecule has 10 heteroatoms. The summed E-state index contributed by atoms with van der Waals surface area (Å²) in [6, 6.07) is 8.57. The fourth-order valence-corrected chi connectivity index (χ4v) is 6.20. The molecule has 0 spiro atoms. The molecule has 0 unspecified atom stereocenters. The van der Waals surface area contributed by atoms with Gasteiger partial charge in [0, 0.05) is 50.9 Å². The molecule has 1 N–H and O–H groups in total. The van der Waals surface area contributed by atoms with Crippen LogP contribution < -0.4 is 20.7 Å². The minimum absolute atomic E-state index is 0.0365. The van der Waals surface area contributed by atoms with E-state index in [2.05, 4.69) is 43.6 Å². The third kappa shape index (κ3) is 4.74. The minimum Gasteiger partial charge on any atom is -0.375 e. The standard InChI is InChI=1S/C29H38N8O2/c1-34-27(35-10-2-3-11-35)13-22(14-28(34)38)25-18-37(33-32-25)29(19-39-20-29)26-9-8-24(16-31-26)36-12-4-5-23(17-36)30-15-21-6-7-21/h8-9,13-14,16,18,21,23,30H,2-7,10-12,15,17,19-20H2,1H3/t23-/m1/s1. The quantitative estimate of drug-likeness (QED) is 0.475. The lowest BCUT2D eigenvalue weighted by atomic mass is 9.92. The number of nitrogens with zero attached hydrogens (tertiary/aromatic N) is 7. The molecule has 1 aliphatic carbocycles. The molecule has 3 aromatic heterocycles. The fourth-order valence-electron chi connectivity index (χ4n) is 6.20. The van der Waals surface area contributed by atoms with Crippen molar-refractivity contribution < 1.29 is 4.74 Å². The topological polar surface area (TPSA) is 93.3 Å². The van der Waals surface area contributed by atoms with Gasteiger partial charge in [-0.05, 0) is 69.2 Å². The van der Waals surface area contributed by atoms with Gasteiger partial charge < -0.3 is 19.9 Å². The molecule has 0 radical (unpaired) electrons. The highest BCUT2D eigenvalue weighted by Crippen LogP contribution is 2.35. The van der Waals surface area contributed by atoms with Crippen LogP contribution in [0, 0.1) is 5.92 Å². The van der Waals surface area contributed by atoms with Crippen molar-refractivity contribution in [2.24, 2.45) is 13.0 Å². The summed E-state index contributed by atoms with van der Waals surface area (Å²) in [5.41, 5.74) is 3.05. The van der Waals surface area contributed by atoms with Crippen molar-refractivity contribution >= 4 is 11.5 Å². The first kappa shape index (κ1) is 24.8. The summed E-state index contributed by atoms with van der Waals surface area (Å²) >= 11 is 0. The summed E-state index contributed by atoms with van der Waals surface area (Å²) in [5.74, 6) is 1.84. The third-order valence-electron chi connectivity index (χ3n) is 8.98. The molecule has 3 aliphatic heterocycles. The Kier molecular flexibility index (Phi) is 6.39. The van der Waals surface area contributed by atoms with Crippen LogP contribution in [0.3, 0.4) is 0 Å². The van der Waals surface area contributed by atoms with Crippen LogP contribution in [0.25, 0.3) is 11.3 Å². The van der Waals surface area contributed by atoms with Crippen molar-refractivity contribution in [3.05, 3.63) is 52.7 Å². The molecule has 10 nitrogen and oxygen atoms in total. The molecule has 3 saturated heterocycles. The summed E-state index contributed by atoms with van der Waals surface area (Å²) < 4.78 is 9.28. The van der Waals surface area contributed by atoms with Crippen molar-refractivity contribution in [2.45, 2.75) is 50.1 Å². The Bertz CT molecular complexity index is 1370. The fraction of sp³-hybridized carbons (Fsp3) is 0.586. The largest absolute Gasteiger partial charge is 0.375 e. The monoisotopic (exact) mass is 530 g/mol. The van der Waals surface area contributed by atoms with Gasteiger partial charge in [-0.2, -0.15) is 0 Å². The Balaban J connectivity index is 1.10. The zero-order chi connectivity index (χ0) is 26.4. The van der Waals surface area contributed by atoms with Crippen molar-refractivity contribution in [3.63, 3.8) is 0 Å². The summed E-state index contributed by atoms with van der Waals surface area (Å²) in [6.45, 7) is 6.20. The van der Waals surface area contributed by atoms with Crippen LogP contribution in [0.15, 0.2) is 41.5 Å². The minimum atomic E-state index is -0.489. The second-order valence-corrected chi connectivity index (χ2v) is 11.8. The van der Waals surface area contributed by atoms with Gasteiger partial charge in [-0.15, -0.1) is 5.10 Å². The Hall–Kier alpha value is -3.24. The molecule has 1 saturated carbocycles. The van der Waals surface area contributed by atoms with E-state index < -0.39 is 5.54 Å². The SMILES string of the molecule is Cn1c(N2CCCC2)cc(-c2cn(C3(c4ccc(N5CCC[C@@H](NCC6CC6)C5)cn4)COC3)nn2)cc1=O. The molecule has 7 rings (SSSR count). The number of ether oxygens (including phenoxy) is 1. The molecule has 4 aliphatic rings. The van der Waals surface area contributed by atoms with Gasteiger partial charge in [0.25, 0.3) is 5.56 Å². The van der Waals surface area contributed by atoms with Crippen LogP contribution in [-0.2, 0) is 17.3 Å². The van der Waals surface area contributed by atoms with Gasteiger partial charge in [0.2, 0.25) is 0 Å². The lowest BCUT2D eigenvalue weighted by Crippen LogP contribution is -2.53. The van der Waals surface area contributed by atoms with Gasteiger partial charge in [0.15, 0.2) is 5.54 Å². The van der Waals surface area contributed by atoms with E-state index in [1.54, 1.807) is 10.6 Å². The molecule has 39 heavy (non-hydrogen) atoms. The summed E-state index contributed by atoms with van der Waals surface area (Å²) in [4.78, 5) is 22.4. The number of piperidine rings is 1. The first-order valence-corrected chi connectivity index (χ1v) is 14.5. The highest BCUT2D eigenvalue weighted by Gasteiger charge is 2.45. The van der Waals surface area contributed by atoms with Crippen LogP contribution in [0.5, 0.6) is 0 Å². The third-order valence-corrected chi connectivity index (χ3v) is 8.98. The molecule has 0 aromatic carbocycles. The smallest absolute Gasteiger partial charge is 0.252 e. The van der Waals surface area contributed by atoms with E-state index >= 15 is 0 Å². The predicted molar refractivity (Wildman–Crippen MR) is 150 cm³/mol. The Morgan fingerprint density at radius 2 is 1.87 bits per heavy atom. The molecule has 1 atom stereocenters. The maximum Gasteiger partial charge on any atom is 0.252 e. The zero-order valence-electron chi connectivity index (χ0n) is 22.8. The van der Waals surface area contributed by atoms with Gasteiger partial charge in [0.1, 0.15) is 11.5 Å². The maximum absolute atomic E-state index is 12.8. The van der Waals surface area contributed by atoms with E-state index in [0.717, 1.165) is 68.6 Å². The summed E-state index contributed by atoms with van der Waals surface area (Å²) in [5, 5.41) is 12.8. The number of hydrogen-bond donors (Lipinski definition) is 1. The first-order valence-electron chi connectivity index (χ1n) is 14.5. The first-order chi connectivity index (χ1) is 19.1. The molecule has 206 valence electrons. The van der Waals surface area contributed by atoms with Crippen molar-refractivity contribution in [2.75, 3.05) is 55.7 Å². The number of hydrogen-bond acceptors (Lipinski definition) is 8. The van der Waals surface area contributed by atoms with E-state index in [1.807, 2.05) is 24.1 Å². The van der Waals surface area contributed by atoms with Crippen molar-refractivity contribution in [1.82, 2.24) is 29.9 Å². The van der Waals surface area contributed by atoms with Gasteiger partial charge >= 0.3 is 0 Å². The van der Waals surface area contributed by atoms with Gasteiger partial charge in [-0.3, -0.25) is 14.3 Å². The summed E-state index contributed by atoms with van der Waals surface area (Å²) in [7, 11) is 1.83. The van der Waals surface area contributed by atoms with Crippen LogP contribution in [0.2, 0.25) is 0 Å². The zero-order valence-corrected chi connectivity index (χ0v) is 22.8. The molecule has 0 bridgehead atoms. The van der Waals surface area contributed by atoms with E-state index in [-0.39, 0.29) is 5.56 Å². The van der Waals surface area contributed by atoms with E-state index in [0.29, 0.717) is 24.9 Å². The van der Waals surface area contributed by atoms with Crippen molar-refractivity contribution in [1.29, 1.82) is 0 Å². The van der Waals surface area contributed by atoms with Gasteiger partial charge in [0.05, 0.1) is 37.0 Å². The van der Waals surface area contributed by atoms with Crippen LogP contribution >= 0.6 is 0 Å². The van der Waals surface area contributed by atoms with Crippen LogP contribution in [0.4, 0.5) is 11.5 Å². The highest BCUT2D eigenvalue weighted by atomic mass is 16.5. The Labute approximate surface area is 229 Å². The van der Waals surface area contributed by atoms with Crippen LogP contribution in [-0.4, -0.2) is 76.5 Å². The Morgan fingerprint density at radius 1 is 1.05 bits per heavy atom. The number of pyridine rings is 2. The molecular formula is C29H38N8O2. The Morgan fingerprint density at radius 3 is 2.59 bits per heavy atom. The average Bonchev–Trinajstić information content (AvgIpc) is 3.37.